The fraction of sp³-hybridized carbons (Fsp3) is 0.760. The first kappa shape index (κ1) is 23.4. The van der Waals surface area contributed by atoms with Crippen molar-refractivity contribution in [3.63, 3.8) is 0 Å². The average Bonchev–Trinajstić information content (AvgIpc) is 2.85. The molecule has 160 valence electrons. The van der Waals surface area contributed by atoms with Crippen LogP contribution >= 0.6 is 0 Å². The van der Waals surface area contributed by atoms with Gasteiger partial charge in [0.1, 0.15) is 0 Å². The van der Waals surface area contributed by atoms with E-state index in [1.54, 1.807) is 0 Å². The highest BCUT2D eigenvalue weighted by molar-refractivity contribution is 5.37. The van der Waals surface area contributed by atoms with Crippen LogP contribution in [0.2, 0.25) is 0 Å². The SMILES string of the molecule is C=C1/C(=C\C=C\C2CC[C@H]([C@@H](C)CCCC(C)(C)O)C2(C)C)C[C@@H](O)C[C@@H]1O. The fourth-order valence-corrected chi connectivity index (χ4v) is 5.36. The van der Waals surface area contributed by atoms with Crippen LogP contribution in [0.15, 0.2) is 36.0 Å². The summed E-state index contributed by atoms with van der Waals surface area (Å²) < 4.78 is 0. The van der Waals surface area contributed by atoms with Gasteiger partial charge in [0.05, 0.1) is 17.8 Å². The molecule has 0 aromatic rings. The molecule has 0 amide bonds. The first-order chi connectivity index (χ1) is 12.9. The van der Waals surface area contributed by atoms with Gasteiger partial charge in [-0.15, -0.1) is 0 Å². The number of hydrogen-bond acceptors (Lipinski definition) is 3. The van der Waals surface area contributed by atoms with E-state index >= 15 is 0 Å². The lowest BCUT2D eigenvalue weighted by Gasteiger charge is -2.36. The summed E-state index contributed by atoms with van der Waals surface area (Å²) in [5, 5.41) is 29.8. The van der Waals surface area contributed by atoms with Gasteiger partial charge in [-0.25, -0.2) is 0 Å². The highest BCUT2D eigenvalue weighted by Crippen LogP contribution is 2.52. The molecule has 1 unspecified atom stereocenters. The van der Waals surface area contributed by atoms with Crippen molar-refractivity contribution < 1.29 is 15.3 Å². The Morgan fingerprint density at radius 2 is 1.93 bits per heavy atom. The number of aliphatic hydroxyl groups excluding tert-OH is 2. The van der Waals surface area contributed by atoms with Crippen molar-refractivity contribution in [2.24, 2.45) is 23.2 Å². The van der Waals surface area contributed by atoms with E-state index in [1.807, 2.05) is 19.9 Å². The monoisotopic (exact) mass is 390 g/mol. The summed E-state index contributed by atoms with van der Waals surface area (Å²) in [5.41, 5.74) is 1.41. The number of rotatable bonds is 7. The Morgan fingerprint density at radius 3 is 2.57 bits per heavy atom. The molecule has 2 rings (SSSR count). The largest absolute Gasteiger partial charge is 0.393 e. The van der Waals surface area contributed by atoms with Crippen molar-refractivity contribution in [1.29, 1.82) is 0 Å². The zero-order chi connectivity index (χ0) is 21.1. The van der Waals surface area contributed by atoms with Gasteiger partial charge in [0, 0.05) is 6.42 Å². The molecule has 0 radical (unpaired) electrons. The van der Waals surface area contributed by atoms with Crippen LogP contribution < -0.4 is 0 Å². The maximum atomic E-state index is 9.99. The van der Waals surface area contributed by atoms with E-state index in [2.05, 4.69) is 39.5 Å². The molecule has 2 saturated carbocycles. The third-order valence-electron chi connectivity index (χ3n) is 7.24. The highest BCUT2D eigenvalue weighted by atomic mass is 16.3. The molecule has 0 saturated heterocycles. The van der Waals surface area contributed by atoms with Crippen molar-refractivity contribution in [2.45, 2.75) is 97.4 Å². The zero-order valence-corrected chi connectivity index (χ0v) is 18.6. The van der Waals surface area contributed by atoms with Crippen LogP contribution in [0.4, 0.5) is 0 Å². The molecule has 3 heteroatoms. The summed E-state index contributed by atoms with van der Waals surface area (Å²) in [7, 11) is 0. The summed E-state index contributed by atoms with van der Waals surface area (Å²) >= 11 is 0. The molecule has 5 atom stereocenters. The van der Waals surface area contributed by atoms with E-state index in [9.17, 15) is 15.3 Å². The minimum absolute atomic E-state index is 0.256. The second-order valence-corrected chi connectivity index (χ2v) is 10.5. The predicted molar refractivity (Wildman–Crippen MR) is 117 cm³/mol. The number of allylic oxidation sites excluding steroid dienone is 3. The molecule has 0 bridgehead atoms. The summed E-state index contributed by atoms with van der Waals surface area (Å²) in [6.07, 6.45) is 11.9. The van der Waals surface area contributed by atoms with E-state index < -0.39 is 17.8 Å². The molecule has 0 aromatic heterocycles. The average molecular weight is 391 g/mol. The van der Waals surface area contributed by atoms with Crippen molar-refractivity contribution >= 4 is 0 Å². The summed E-state index contributed by atoms with van der Waals surface area (Å²) in [5.74, 6) is 1.90. The quantitative estimate of drug-likeness (QED) is 0.562. The van der Waals surface area contributed by atoms with Crippen LogP contribution in [-0.2, 0) is 0 Å². The number of aliphatic hydroxyl groups is 3. The lowest BCUT2D eigenvalue weighted by Crippen LogP contribution is -2.29. The van der Waals surface area contributed by atoms with Gasteiger partial charge in [-0.1, -0.05) is 58.4 Å². The Balaban J connectivity index is 1.95. The first-order valence-corrected chi connectivity index (χ1v) is 11.1. The molecule has 0 aliphatic heterocycles. The summed E-state index contributed by atoms with van der Waals surface area (Å²) in [6, 6.07) is 0. The van der Waals surface area contributed by atoms with Crippen molar-refractivity contribution in [3.05, 3.63) is 36.0 Å². The van der Waals surface area contributed by atoms with Gasteiger partial charge in [0.15, 0.2) is 0 Å². The maximum Gasteiger partial charge on any atom is 0.0811 e. The summed E-state index contributed by atoms with van der Waals surface area (Å²) in [4.78, 5) is 0. The van der Waals surface area contributed by atoms with Gasteiger partial charge in [0.25, 0.3) is 0 Å². The smallest absolute Gasteiger partial charge is 0.0811 e. The minimum atomic E-state index is -0.625. The highest BCUT2D eigenvalue weighted by Gasteiger charge is 2.43. The van der Waals surface area contributed by atoms with E-state index in [0.717, 1.165) is 24.0 Å². The topological polar surface area (TPSA) is 60.7 Å². The molecule has 2 aliphatic rings. The zero-order valence-electron chi connectivity index (χ0n) is 18.6. The lowest BCUT2D eigenvalue weighted by atomic mass is 9.69. The minimum Gasteiger partial charge on any atom is -0.393 e. The maximum absolute atomic E-state index is 9.99. The molecule has 0 aromatic carbocycles. The van der Waals surface area contributed by atoms with Crippen LogP contribution in [-0.4, -0.2) is 33.1 Å². The molecule has 3 nitrogen and oxygen atoms in total. The van der Waals surface area contributed by atoms with Crippen LogP contribution in [0.5, 0.6) is 0 Å². The van der Waals surface area contributed by atoms with Gasteiger partial charge in [-0.05, 0) is 73.8 Å². The third kappa shape index (κ3) is 6.05. The first-order valence-electron chi connectivity index (χ1n) is 11.1. The normalized spacial score (nSPS) is 33.7. The molecule has 0 spiro atoms. The number of hydrogen-bond donors (Lipinski definition) is 3. The van der Waals surface area contributed by atoms with E-state index in [1.165, 1.54) is 19.3 Å². The molecular weight excluding hydrogens is 348 g/mol. The molecular formula is C25H42O3. The van der Waals surface area contributed by atoms with E-state index in [-0.39, 0.29) is 5.41 Å². The Kier molecular flexibility index (Phi) is 7.75. The summed E-state index contributed by atoms with van der Waals surface area (Å²) in [6.45, 7) is 14.9. The molecule has 0 heterocycles. The van der Waals surface area contributed by atoms with Crippen LogP contribution in [0.1, 0.15) is 79.6 Å². The lowest BCUT2D eigenvalue weighted by molar-refractivity contribution is 0.0637. The predicted octanol–water partition coefficient (Wildman–Crippen LogP) is 5.17. The van der Waals surface area contributed by atoms with Crippen molar-refractivity contribution in [3.8, 4) is 0 Å². The second-order valence-electron chi connectivity index (χ2n) is 10.5. The Morgan fingerprint density at radius 1 is 1.25 bits per heavy atom. The third-order valence-corrected chi connectivity index (χ3v) is 7.24. The molecule has 2 aliphatic carbocycles. The van der Waals surface area contributed by atoms with Crippen molar-refractivity contribution in [2.75, 3.05) is 0 Å². The molecule has 3 N–H and O–H groups in total. The van der Waals surface area contributed by atoms with Crippen molar-refractivity contribution in [1.82, 2.24) is 0 Å². The van der Waals surface area contributed by atoms with Crippen LogP contribution in [0, 0.1) is 23.2 Å². The fourth-order valence-electron chi connectivity index (χ4n) is 5.36. The Labute approximate surface area is 172 Å². The van der Waals surface area contributed by atoms with Gasteiger partial charge in [0.2, 0.25) is 0 Å². The molecule has 2 fully saturated rings. The molecule has 28 heavy (non-hydrogen) atoms. The van der Waals surface area contributed by atoms with Gasteiger partial charge in [-0.2, -0.15) is 0 Å². The van der Waals surface area contributed by atoms with Gasteiger partial charge >= 0.3 is 0 Å². The van der Waals surface area contributed by atoms with E-state index in [4.69, 9.17) is 0 Å². The second kappa shape index (κ2) is 9.28. The van der Waals surface area contributed by atoms with E-state index in [0.29, 0.717) is 30.6 Å². The standard InChI is InChI=1S/C25H42O3/c1-17(9-8-14-24(3,4)28)22-13-12-20(25(22,5)6)11-7-10-19-15-21(26)16-23(27)18(19)2/h7,10-11,17,20-23,26-28H,2,8-9,12-16H2,1,3-6H3/b11-7+,19-10-/t17-,20?,21+,22+,23-/m0/s1. The van der Waals surface area contributed by atoms with Gasteiger partial charge < -0.3 is 15.3 Å². The Hall–Kier alpha value is -0.900. The Bertz CT molecular complexity index is 593. The van der Waals surface area contributed by atoms with Crippen LogP contribution in [0.25, 0.3) is 0 Å². The van der Waals surface area contributed by atoms with Gasteiger partial charge in [-0.3, -0.25) is 0 Å². The van der Waals surface area contributed by atoms with Crippen LogP contribution in [0.3, 0.4) is 0 Å².